The van der Waals surface area contributed by atoms with Crippen LogP contribution in [-0.2, 0) is 12.8 Å². The maximum absolute atomic E-state index is 5.81. The number of nitrogen functional groups attached to an aromatic ring is 1. The molecule has 3 rings (SSSR count). The molecule has 2 aromatic rings. The second-order valence-corrected chi connectivity index (χ2v) is 5.57. The quantitative estimate of drug-likeness (QED) is 0.879. The van der Waals surface area contributed by atoms with E-state index in [1.165, 1.54) is 28.1 Å². The first-order valence-electron chi connectivity index (χ1n) is 6.12. The van der Waals surface area contributed by atoms with Gasteiger partial charge < -0.3 is 5.73 Å². The third-order valence-electron chi connectivity index (χ3n) is 3.54. The molecule has 1 aromatic carbocycles. The van der Waals surface area contributed by atoms with E-state index in [0.29, 0.717) is 11.0 Å². The molecule has 1 aromatic heterocycles. The van der Waals surface area contributed by atoms with Crippen LogP contribution in [0.25, 0.3) is 0 Å². The maximum atomic E-state index is 5.81. The van der Waals surface area contributed by atoms with Gasteiger partial charge in [0, 0.05) is 10.8 Å². The normalized spacial score (nSPS) is 18.3. The molecule has 0 saturated carbocycles. The molecular formula is C14H16N2S. The number of aryl methyl sites for hydroxylation is 2. The minimum atomic E-state index is 0.524. The van der Waals surface area contributed by atoms with E-state index >= 15 is 0 Å². The number of thiazole rings is 1. The molecule has 0 saturated heterocycles. The lowest BCUT2D eigenvalue weighted by Crippen LogP contribution is -1.99. The van der Waals surface area contributed by atoms with E-state index in [2.05, 4.69) is 36.2 Å². The standard InChI is InChI=1S/C14H16N2S/c1-2-9-5-3-4-6-10(9)11-7-8-12-13(11)17-14(15)16-12/h3-6,11H,2,7-8H2,1H3,(H2,15,16). The van der Waals surface area contributed by atoms with Crippen molar-refractivity contribution in [3.63, 3.8) is 0 Å². The van der Waals surface area contributed by atoms with Crippen molar-refractivity contribution in [2.24, 2.45) is 0 Å². The van der Waals surface area contributed by atoms with Crippen LogP contribution in [0.5, 0.6) is 0 Å². The van der Waals surface area contributed by atoms with Crippen molar-refractivity contribution in [1.82, 2.24) is 4.98 Å². The number of hydrogen-bond donors (Lipinski definition) is 1. The first-order chi connectivity index (χ1) is 8.29. The van der Waals surface area contributed by atoms with Gasteiger partial charge in [0.1, 0.15) is 0 Å². The fraction of sp³-hybridized carbons (Fsp3) is 0.357. The highest BCUT2D eigenvalue weighted by atomic mass is 32.1. The summed E-state index contributed by atoms with van der Waals surface area (Å²) in [6, 6.07) is 8.75. The number of rotatable bonds is 2. The minimum Gasteiger partial charge on any atom is -0.375 e. The van der Waals surface area contributed by atoms with Crippen LogP contribution in [0.4, 0.5) is 5.13 Å². The molecule has 0 fully saturated rings. The van der Waals surface area contributed by atoms with Gasteiger partial charge in [-0.25, -0.2) is 4.98 Å². The van der Waals surface area contributed by atoms with E-state index in [1.807, 2.05) is 0 Å². The van der Waals surface area contributed by atoms with Crippen LogP contribution in [0.3, 0.4) is 0 Å². The van der Waals surface area contributed by atoms with Crippen LogP contribution in [0.15, 0.2) is 24.3 Å². The second-order valence-electron chi connectivity index (χ2n) is 4.51. The number of fused-ring (bicyclic) bond motifs is 1. The molecule has 1 aliphatic rings. The SMILES string of the molecule is CCc1ccccc1C1CCc2nc(N)sc21. The molecule has 88 valence electrons. The first kappa shape index (κ1) is 10.8. The molecule has 1 aliphatic carbocycles. The zero-order chi connectivity index (χ0) is 11.8. The Morgan fingerprint density at radius 3 is 3.06 bits per heavy atom. The molecule has 0 spiro atoms. The molecule has 2 N–H and O–H groups in total. The number of benzene rings is 1. The predicted octanol–water partition coefficient (Wildman–Crippen LogP) is 3.37. The Morgan fingerprint density at radius 2 is 2.24 bits per heavy atom. The van der Waals surface area contributed by atoms with E-state index in [-0.39, 0.29) is 0 Å². The summed E-state index contributed by atoms with van der Waals surface area (Å²) in [7, 11) is 0. The summed E-state index contributed by atoms with van der Waals surface area (Å²) in [6.07, 6.45) is 3.35. The highest BCUT2D eigenvalue weighted by Gasteiger charge is 2.28. The Kier molecular flexibility index (Phi) is 2.63. The van der Waals surface area contributed by atoms with E-state index in [4.69, 9.17) is 5.73 Å². The second kappa shape index (κ2) is 4.15. The van der Waals surface area contributed by atoms with Crippen LogP contribution in [0, 0.1) is 0 Å². The number of anilines is 1. The lowest BCUT2D eigenvalue weighted by molar-refractivity contribution is 0.779. The molecule has 1 heterocycles. The average Bonchev–Trinajstić information content (AvgIpc) is 2.87. The maximum Gasteiger partial charge on any atom is 0.180 e. The van der Waals surface area contributed by atoms with E-state index in [1.54, 1.807) is 11.3 Å². The zero-order valence-corrected chi connectivity index (χ0v) is 10.8. The summed E-state index contributed by atoms with van der Waals surface area (Å²) in [4.78, 5) is 5.81. The molecule has 0 bridgehead atoms. The third kappa shape index (κ3) is 1.75. The molecule has 1 atom stereocenters. The predicted molar refractivity (Wildman–Crippen MR) is 72.5 cm³/mol. The topological polar surface area (TPSA) is 38.9 Å². The van der Waals surface area contributed by atoms with Gasteiger partial charge in [0.05, 0.1) is 5.69 Å². The Hall–Kier alpha value is -1.35. The van der Waals surface area contributed by atoms with Crippen molar-refractivity contribution in [2.45, 2.75) is 32.1 Å². The molecule has 3 heteroatoms. The van der Waals surface area contributed by atoms with Gasteiger partial charge in [-0.3, -0.25) is 0 Å². The average molecular weight is 244 g/mol. The fourth-order valence-electron chi connectivity index (χ4n) is 2.74. The molecule has 0 amide bonds. The van der Waals surface area contributed by atoms with Crippen LogP contribution >= 0.6 is 11.3 Å². The summed E-state index contributed by atoms with van der Waals surface area (Å²) >= 11 is 1.67. The van der Waals surface area contributed by atoms with Crippen molar-refractivity contribution in [2.75, 3.05) is 5.73 Å². The summed E-state index contributed by atoms with van der Waals surface area (Å²) in [5, 5.41) is 0.716. The summed E-state index contributed by atoms with van der Waals surface area (Å²) in [6.45, 7) is 2.22. The fourth-order valence-corrected chi connectivity index (χ4v) is 3.77. The first-order valence-corrected chi connectivity index (χ1v) is 6.94. The van der Waals surface area contributed by atoms with Gasteiger partial charge >= 0.3 is 0 Å². The third-order valence-corrected chi connectivity index (χ3v) is 4.58. The number of nitrogens with zero attached hydrogens (tertiary/aromatic N) is 1. The van der Waals surface area contributed by atoms with Gasteiger partial charge in [-0.1, -0.05) is 31.2 Å². The van der Waals surface area contributed by atoms with Gasteiger partial charge in [-0.15, -0.1) is 11.3 Å². The van der Waals surface area contributed by atoms with Gasteiger partial charge in [-0.05, 0) is 30.4 Å². The van der Waals surface area contributed by atoms with E-state index < -0.39 is 0 Å². The van der Waals surface area contributed by atoms with Crippen LogP contribution in [0.2, 0.25) is 0 Å². The van der Waals surface area contributed by atoms with E-state index in [0.717, 1.165) is 12.8 Å². The lowest BCUT2D eigenvalue weighted by atomic mass is 9.92. The molecule has 17 heavy (non-hydrogen) atoms. The van der Waals surface area contributed by atoms with Crippen LogP contribution < -0.4 is 5.73 Å². The largest absolute Gasteiger partial charge is 0.375 e. The summed E-state index contributed by atoms with van der Waals surface area (Å²) in [5.74, 6) is 0.524. The van der Waals surface area contributed by atoms with Gasteiger partial charge in [0.25, 0.3) is 0 Å². The Morgan fingerprint density at radius 1 is 1.41 bits per heavy atom. The lowest BCUT2D eigenvalue weighted by Gasteiger charge is -2.14. The Bertz CT molecular complexity index is 545. The smallest absolute Gasteiger partial charge is 0.180 e. The Balaban J connectivity index is 2.06. The zero-order valence-electron chi connectivity index (χ0n) is 9.94. The number of aromatic nitrogens is 1. The summed E-state index contributed by atoms with van der Waals surface area (Å²) < 4.78 is 0. The van der Waals surface area contributed by atoms with Crippen molar-refractivity contribution in [3.8, 4) is 0 Å². The molecule has 0 radical (unpaired) electrons. The van der Waals surface area contributed by atoms with Crippen molar-refractivity contribution < 1.29 is 0 Å². The minimum absolute atomic E-state index is 0.524. The molecule has 1 unspecified atom stereocenters. The monoisotopic (exact) mass is 244 g/mol. The Labute approximate surface area is 106 Å². The molecule has 2 nitrogen and oxygen atoms in total. The molecular weight excluding hydrogens is 228 g/mol. The molecule has 0 aliphatic heterocycles. The summed E-state index contributed by atoms with van der Waals surface area (Å²) in [5.41, 5.74) is 9.96. The van der Waals surface area contributed by atoms with Crippen molar-refractivity contribution >= 4 is 16.5 Å². The van der Waals surface area contributed by atoms with Crippen LogP contribution in [0.1, 0.15) is 41.0 Å². The van der Waals surface area contributed by atoms with Crippen molar-refractivity contribution in [1.29, 1.82) is 0 Å². The highest BCUT2D eigenvalue weighted by Crippen LogP contribution is 2.43. The van der Waals surface area contributed by atoms with Gasteiger partial charge in [0.15, 0.2) is 5.13 Å². The van der Waals surface area contributed by atoms with Crippen LogP contribution in [-0.4, -0.2) is 4.98 Å². The number of hydrogen-bond acceptors (Lipinski definition) is 3. The van der Waals surface area contributed by atoms with E-state index in [9.17, 15) is 0 Å². The van der Waals surface area contributed by atoms with Crippen molar-refractivity contribution in [3.05, 3.63) is 46.0 Å². The number of nitrogens with two attached hydrogens (primary N) is 1. The van der Waals surface area contributed by atoms with Gasteiger partial charge in [-0.2, -0.15) is 0 Å². The van der Waals surface area contributed by atoms with Gasteiger partial charge in [0.2, 0.25) is 0 Å². The highest BCUT2D eigenvalue weighted by molar-refractivity contribution is 7.15.